The zero-order valence-electron chi connectivity index (χ0n) is 12.4. The van der Waals surface area contributed by atoms with E-state index in [-0.39, 0.29) is 0 Å². The number of alkyl halides is 2. The van der Waals surface area contributed by atoms with Gasteiger partial charge >= 0.3 is 6.55 Å². The molecule has 0 unspecified atom stereocenters. The first-order chi connectivity index (χ1) is 11.5. The smallest absolute Gasteiger partial charge is 0.319 e. The number of imidazole rings is 1. The third kappa shape index (κ3) is 3.85. The fourth-order valence-corrected chi connectivity index (χ4v) is 3.82. The number of nitrogens with one attached hydrogen (secondary N) is 1. The van der Waals surface area contributed by atoms with Gasteiger partial charge in [0.15, 0.2) is 4.34 Å². The van der Waals surface area contributed by atoms with Crippen LogP contribution in [0.4, 0.5) is 19.6 Å². The molecule has 24 heavy (non-hydrogen) atoms. The Morgan fingerprint density at radius 2 is 2.21 bits per heavy atom. The minimum atomic E-state index is -2.60. The summed E-state index contributed by atoms with van der Waals surface area (Å²) in [4.78, 5) is 3.94. The molecular weight excluding hydrogens is 376 g/mol. The van der Waals surface area contributed by atoms with Crippen molar-refractivity contribution in [1.82, 2.24) is 19.7 Å². The van der Waals surface area contributed by atoms with Crippen LogP contribution in [0.5, 0.6) is 0 Å². The summed E-state index contributed by atoms with van der Waals surface area (Å²) in [7, 11) is 0. The third-order valence-corrected chi connectivity index (χ3v) is 5.58. The highest BCUT2D eigenvalue weighted by Crippen LogP contribution is 2.32. The lowest BCUT2D eigenvalue weighted by Gasteiger charge is -2.07. The van der Waals surface area contributed by atoms with Gasteiger partial charge in [-0.15, -0.1) is 10.2 Å². The highest BCUT2D eigenvalue weighted by molar-refractivity contribution is 8.00. The van der Waals surface area contributed by atoms with Crippen LogP contribution in [0.25, 0.3) is 0 Å². The standard InChI is InChI=1S/C14H12ClF2N5S2/c1-8-9(15)3-2-4-10(8)19-13-20-21-14(24-13)23-7-11-18-5-6-22(11)12(16)17/h2-6,12H,7H2,1H3,(H,19,20). The first-order valence-electron chi connectivity index (χ1n) is 6.83. The molecule has 3 rings (SSSR count). The maximum absolute atomic E-state index is 12.8. The lowest BCUT2D eigenvalue weighted by molar-refractivity contribution is 0.0678. The van der Waals surface area contributed by atoms with Crippen molar-refractivity contribution < 1.29 is 8.78 Å². The Bertz CT molecular complexity index is 836. The normalized spacial score (nSPS) is 11.2. The predicted octanol–water partition coefficient (Wildman–Crippen LogP) is 5.13. The minimum absolute atomic E-state index is 0.294. The number of aromatic nitrogens is 4. The van der Waals surface area contributed by atoms with E-state index in [0.717, 1.165) is 15.8 Å². The van der Waals surface area contributed by atoms with Crippen molar-refractivity contribution in [3.8, 4) is 0 Å². The van der Waals surface area contributed by atoms with Gasteiger partial charge in [0, 0.05) is 23.1 Å². The summed E-state index contributed by atoms with van der Waals surface area (Å²) in [5.41, 5.74) is 1.77. The van der Waals surface area contributed by atoms with E-state index in [9.17, 15) is 8.78 Å². The van der Waals surface area contributed by atoms with E-state index < -0.39 is 6.55 Å². The maximum atomic E-state index is 12.8. The quantitative estimate of drug-likeness (QED) is 0.594. The molecule has 0 atom stereocenters. The number of benzene rings is 1. The largest absolute Gasteiger partial charge is 0.330 e. The third-order valence-electron chi connectivity index (χ3n) is 3.20. The van der Waals surface area contributed by atoms with Gasteiger partial charge in [-0.3, -0.25) is 4.57 Å². The highest BCUT2D eigenvalue weighted by atomic mass is 35.5. The SMILES string of the molecule is Cc1c(Cl)cccc1Nc1nnc(SCc2nccn2C(F)F)s1. The summed E-state index contributed by atoms with van der Waals surface area (Å²) in [6.07, 6.45) is 2.62. The Hall–Kier alpha value is -1.71. The van der Waals surface area contributed by atoms with Crippen LogP contribution in [-0.2, 0) is 5.75 Å². The fourth-order valence-electron chi connectivity index (χ4n) is 1.94. The van der Waals surface area contributed by atoms with Gasteiger partial charge in [0.05, 0.1) is 5.75 Å². The van der Waals surface area contributed by atoms with Crippen molar-refractivity contribution in [2.75, 3.05) is 5.32 Å². The molecule has 2 aromatic heterocycles. The van der Waals surface area contributed by atoms with E-state index in [0.29, 0.717) is 26.1 Å². The summed E-state index contributed by atoms with van der Waals surface area (Å²) >= 11 is 8.74. The van der Waals surface area contributed by atoms with Crippen LogP contribution in [-0.4, -0.2) is 19.7 Å². The molecule has 0 aliphatic heterocycles. The Labute approximate surface area is 150 Å². The van der Waals surface area contributed by atoms with Gasteiger partial charge in [0.25, 0.3) is 0 Å². The lowest BCUT2D eigenvalue weighted by Crippen LogP contribution is -2.01. The maximum Gasteiger partial charge on any atom is 0.319 e. The van der Waals surface area contributed by atoms with Crippen molar-refractivity contribution >= 4 is 45.5 Å². The van der Waals surface area contributed by atoms with Crippen LogP contribution in [0.1, 0.15) is 17.9 Å². The highest BCUT2D eigenvalue weighted by Gasteiger charge is 2.13. The van der Waals surface area contributed by atoms with Gasteiger partial charge < -0.3 is 5.32 Å². The molecule has 1 N–H and O–H groups in total. The molecule has 0 aliphatic rings. The minimum Gasteiger partial charge on any atom is -0.330 e. The van der Waals surface area contributed by atoms with Crippen LogP contribution in [0.2, 0.25) is 5.02 Å². The molecule has 3 aromatic rings. The zero-order valence-corrected chi connectivity index (χ0v) is 14.8. The second-order valence-corrected chi connectivity index (χ2v) is 7.33. The first-order valence-corrected chi connectivity index (χ1v) is 9.01. The van der Waals surface area contributed by atoms with Crippen molar-refractivity contribution in [2.24, 2.45) is 0 Å². The number of hydrogen-bond donors (Lipinski definition) is 1. The zero-order chi connectivity index (χ0) is 17.1. The molecule has 0 fully saturated rings. The summed E-state index contributed by atoms with van der Waals surface area (Å²) in [6, 6.07) is 5.56. The molecule has 0 saturated heterocycles. The van der Waals surface area contributed by atoms with Gasteiger partial charge in [-0.25, -0.2) is 4.98 Å². The van der Waals surface area contributed by atoms with E-state index in [1.807, 2.05) is 25.1 Å². The van der Waals surface area contributed by atoms with Gasteiger partial charge in [-0.1, -0.05) is 40.8 Å². The molecule has 0 bridgehead atoms. The number of nitrogens with zero attached hydrogens (tertiary/aromatic N) is 4. The van der Waals surface area contributed by atoms with Gasteiger partial charge in [-0.05, 0) is 24.6 Å². The molecule has 10 heteroatoms. The van der Waals surface area contributed by atoms with Gasteiger partial charge in [0.1, 0.15) is 5.82 Å². The summed E-state index contributed by atoms with van der Waals surface area (Å²) in [5, 5.41) is 12.5. The number of thioether (sulfide) groups is 1. The van der Waals surface area contributed by atoms with Gasteiger partial charge in [-0.2, -0.15) is 8.78 Å². The summed E-state index contributed by atoms with van der Waals surface area (Å²) in [5.74, 6) is 0.590. The molecule has 0 amide bonds. The number of hydrogen-bond acceptors (Lipinski definition) is 6. The van der Waals surface area contributed by atoms with Crippen molar-refractivity contribution in [3.05, 3.63) is 47.0 Å². The molecular formula is C14H12ClF2N5S2. The monoisotopic (exact) mass is 387 g/mol. The molecule has 1 aromatic carbocycles. The molecule has 0 radical (unpaired) electrons. The van der Waals surface area contributed by atoms with Crippen LogP contribution in [0.3, 0.4) is 0 Å². The van der Waals surface area contributed by atoms with Crippen LogP contribution >= 0.6 is 34.7 Å². The predicted molar refractivity (Wildman–Crippen MR) is 92.4 cm³/mol. The molecule has 0 saturated carbocycles. The number of halogens is 3. The van der Waals surface area contributed by atoms with Gasteiger partial charge in [0.2, 0.25) is 5.13 Å². The average molecular weight is 388 g/mol. The average Bonchev–Trinajstić information content (AvgIpc) is 3.19. The van der Waals surface area contributed by atoms with Crippen molar-refractivity contribution in [1.29, 1.82) is 0 Å². The Kier molecular flexibility index (Phi) is 5.32. The molecule has 2 heterocycles. The summed E-state index contributed by atoms with van der Waals surface area (Å²) in [6.45, 7) is -0.688. The van der Waals surface area contributed by atoms with E-state index in [1.54, 1.807) is 0 Å². The summed E-state index contributed by atoms with van der Waals surface area (Å²) < 4.78 is 27.0. The van der Waals surface area contributed by atoms with E-state index in [2.05, 4.69) is 20.5 Å². The van der Waals surface area contributed by atoms with Crippen LogP contribution in [0.15, 0.2) is 34.9 Å². The number of anilines is 2. The lowest BCUT2D eigenvalue weighted by atomic mass is 10.2. The molecule has 0 spiro atoms. The van der Waals surface area contributed by atoms with Crippen molar-refractivity contribution in [3.63, 3.8) is 0 Å². The van der Waals surface area contributed by atoms with E-state index in [1.165, 1.54) is 35.5 Å². The second-order valence-electron chi connectivity index (χ2n) is 4.73. The molecule has 5 nitrogen and oxygen atoms in total. The van der Waals surface area contributed by atoms with E-state index in [4.69, 9.17) is 11.6 Å². The molecule has 0 aliphatic carbocycles. The van der Waals surface area contributed by atoms with E-state index >= 15 is 0 Å². The van der Waals surface area contributed by atoms with Crippen LogP contribution in [0, 0.1) is 6.92 Å². The Morgan fingerprint density at radius 1 is 1.38 bits per heavy atom. The van der Waals surface area contributed by atoms with Crippen molar-refractivity contribution in [2.45, 2.75) is 23.6 Å². The fraction of sp³-hybridized carbons (Fsp3) is 0.214. The Morgan fingerprint density at radius 3 is 3.00 bits per heavy atom. The Balaban J connectivity index is 1.65. The number of rotatable bonds is 6. The van der Waals surface area contributed by atoms with Crippen LogP contribution < -0.4 is 5.32 Å². The second kappa shape index (κ2) is 7.45. The topological polar surface area (TPSA) is 55.6 Å². The first kappa shape index (κ1) is 17.1. The molecule has 126 valence electrons.